The second kappa shape index (κ2) is 8.43. The fourth-order valence-electron chi connectivity index (χ4n) is 3.60. The number of benzene rings is 2. The van der Waals surface area contributed by atoms with Crippen LogP contribution in [0.25, 0.3) is 17.0 Å². The van der Waals surface area contributed by atoms with E-state index in [1.807, 2.05) is 55.6 Å². The first-order valence-corrected chi connectivity index (χ1v) is 10.9. The Balaban J connectivity index is 1.56. The molecule has 1 aromatic heterocycles. The number of rotatable bonds is 5. The summed E-state index contributed by atoms with van der Waals surface area (Å²) in [5.74, 6) is -0.856. The van der Waals surface area contributed by atoms with Crippen LogP contribution in [0.1, 0.15) is 31.0 Å². The van der Waals surface area contributed by atoms with Crippen LogP contribution in [-0.2, 0) is 9.59 Å². The monoisotopic (exact) mass is 433 g/mol. The molecular weight excluding hydrogens is 410 g/mol. The van der Waals surface area contributed by atoms with Gasteiger partial charge in [-0.3, -0.25) is 19.3 Å². The zero-order valence-electron chi connectivity index (χ0n) is 17.6. The first-order chi connectivity index (χ1) is 14.8. The average Bonchev–Trinajstić information content (AvgIpc) is 3.23. The molecule has 0 radical (unpaired) electrons. The predicted octanol–water partition coefficient (Wildman–Crippen LogP) is 5.21. The van der Waals surface area contributed by atoms with E-state index in [9.17, 15) is 14.4 Å². The third kappa shape index (κ3) is 4.14. The number of fused-ring (bicyclic) bond motifs is 1. The van der Waals surface area contributed by atoms with Gasteiger partial charge < -0.3 is 9.88 Å². The van der Waals surface area contributed by atoms with Crippen molar-refractivity contribution in [1.29, 1.82) is 0 Å². The predicted molar refractivity (Wildman–Crippen MR) is 125 cm³/mol. The average molecular weight is 434 g/mol. The molecule has 1 saturated heterocycles. The molecule has 1 fully saturated rings. The van der Waals surface area contributed by atoms with E-state index in [1.54, 1.807) is 12.1 Å². The lowest BCUT2D eigenvalue weighted by molar-refractivity contribution is -0.127. The van der Waals surface area contributed by atoms with E-state index in [0.29, 0.717) is 10.6 Å². The van der Waals surface area contributed by atoms with Gasteiger partial charge in [-0.1, -0.05) is 36.4 Å². The van der Waals surface area contributed by atoms with E-state index in [1.165, 1.54) is 0 Å². The molecule has 0 saturated carbocycles. The molecular formula is C24H23N3O3S. The standard InChI is InChI=1S/C24H23N3O3S/c1-15(2)26-13-17(18-9-5-7-11-20(18)26)12-21-23(29)27(24(30)31-21)14-22(28)25-19-10-6-4-8-16(19)3/h4-13,15H,14H2,1-3H3,(H,25,28). The van der Waals surface area contributed by atoms with Crippen molar-refractivity contribution in [3.8, 4) is 0 Å². The highest BCUT2D eigenvalue weighted by Crippen LogP contribution is 2.34. The molecule has 0 aliphatic carbocycles. The largest absolute Gasteiger partial charge is 0.344 e. The van der Waals surface area contributed by atoms with E-state index >= 15 is 0 Å². The van der Waals surface area contributed by atoms with Gasteiger partial charge in [0.05, 0.1) is 4.91 Å². The van der Waals surface area contributed by atoms with E-state index in [0.717, 1.165) is 38.7 Å². The number of carbonyl (C=O) groups excluding carboxylic acids is 3. The van der Waals surface area contributed by atoms with Gasteiger partial charge in [0, 0.05) is 34.4 Å². The summed E-state index contributed by atoms with van der Waals surface area (Å²) in [5.41, 5.74) is 3.52. The summed E-state index contributed by atoms with van der Waals surface area (Å²) < 4.78 is 2.14. The molecule has 31 heavy (non-hydrogen) atoms. The van der Waals surface area contributed by atoms with Crippen LogP contribution in [0.3, 0.4) is 0 Å². The van der Waals surface area contributed by atoms with Crippen LogP contribution in [0.4, 0.5) is 10.5 Å². The molecule has 0 bridgehead atoms. The van der Waals surface area contributed by atoms with Crippen LogP contribution in [0.2, 0.25) is 0 Å². The lowest BCUT2D eigenvalue weighted by Gasteiger charge is -2.13. The molecule has 7 heteroatoms. The van der Waals surface area contributed by atoms with Gasteiger partial charge in [-0.2, -0.15) is 0 Å². The summed E-state index contributed by atoms with van der Waals surface area (Å²) in [4.78, 5) is 39.1. The minimum Gasteiger partial charge on any atom is -0.344 e. The van der Waals surface area contributed by atoms with Crippen molar-refractivity contribution in [3.63, 3.8) is 0 Å². The molecule has 1 aliphatic heterocycles. The van der Waals surface area contributed by atoms with E-state index in [2.05, 4.69) is 23.7 Å². The SMILES string of the molecule is Cc1ccccc1NC(=O)CN1C(=O)SC(=Cc2cn(C(C)C)c3ccccc23)C1=O. The van der Waals surface area contributed by atoms with Crippen molar-refractivity contribution in [2.45, 2.75) is 26.8 Å². The van der Waals surface area contributed by atoms with E-state index in [4.69, 9.17) is 0 Å². The molecule has 158 valence electrons. The number of aromatic nitrogens is 1. The number of hydrogen-bond acceptors (Lipinski definition) is 4. The Bertz CT molecular complexity index is 1230. The molecule has 2 aromatic carbocycles. The van der Waals surface area contributed by atoms with Crippen LogP contribution >= 0.6 is 11.8 Å². The van der Waals surface area contributed by atoms with Gasteiger partial charge in [0.15, 0.2) is 0 Å². The third-order valence-corrected chi connectivity index (χ3v) is 6.12. The van der Waals surface area contributed by atoms with Crippen molar-refractivity contribution in [3.05, 3.63) is 70.8 Å². The Hall–Kier alpha value is -3.32. The van der Waals surface area contributed by atoms with Crippen LogP contribution in [0.15, 0.2) is 59.6 Å². The molecule has 2 heterocycles. The summed E-state index contributed by atoms with van der Waals surface area (Å²) in [6.45, 7) is 5.75. The van der Waals surface area contributed by atoms with E-state index < -0.39 is 17.1 Å². The number of nitrogens with zero attached hydrogens (tertiary/aromatic N) is 2. The molecule has 4 rings (SSSR count). The number of hydrogen-bond donors (Lipinski definition) is 1. The molecule has 0 unspecified atom stereocenters. The number of anilines is 1. The summed E-state index contributed by atoms with van der Waals surface area (Å²) >= 11 is 0.864. The maximum atomic E-state index is 12.9. The first-order valence-electron chi connectivity index (χ1n) is 10.1. The van der Waals surface area contributed by atoms with Gasteiger partial charge in [-0.05, 0) is 56.3 Å². The molecule has 0 atom stereocenters. The Labute approximate surface area is 184 Å². The Morgan fingerprint density at radius 2 is 1.81 bits per heavy atom. The minimum absolute atomic E-state index is 0.257. The highest BCUT2D eigenvalue weighted by molar-refractivity contribution is 8.18. The van der Waals surface area contributed by atoms with Crippen molar-refractivity contribution in [2.24, 2.45) is 0 Å². The van der Waals surface area contributed by atoms with Crippen molar-refractivity contribution < 1.29 is 14.4 Å². The van der Waals surface area contributed by atoms with Crippen molar-refractivity contribution in [2.75, 3.05) is 11.9 Å². The number of para-hydroxylation sites is 2. The summed E-state index contributed by atoms with van der Waals surface area (Å²) in [6.07, 6.45) is 3.74. The normalized spacial score (nSPS) is 15.5. The number of carbonyl (C=O) groups is 3. The quantitative estimate of drug-likeness (QED) is 0.561. The van der Waals surface area contributed by atoms with Crippen molar-refractivity contribution >= 4 is 51.5 Å². The second-order valence-electron chi connectivity index (χ2n) is 7.73. The van der Waals surface area contributed by atoms with Gasteiger partial charge in [-0.25, -0.2) is 0 Å². The Morgan fingerprint density at radius 3 is 2.55 bits per heavy atom. The topological polar surface area (TPSA) is 71.4 Å². The van der Waals surface area contributed by atoms with Gasteiger partial charge >= 0.3 is 0 Å². The number of thioether (sulfide) groups is 1. The van der Waals surface area contributed by atoms with Gasteiger partial charge in [-0.15, -0.1) is 0 Å². The lowest BCUT2D eigenvalue weighted by atomic mass is 10.1. The Kier molecular flexibility index (Phi) is 5.69. The molecule has 6 nitrogen and oxygen atoms in total. The molecule has 3 aromatic rings. The van der Waals surface area contributed by atoms with Crippen LogP contribution in [0, 0.1) is 6.92 Å². The minimum atomic E-state index is -0.448. The van der Waals surface area contributed by atoms with Crippen molar-refractivity contribution in [1.82, 2.24) is 9.47 Å². The number of imide groups is 1. The fourth-order valence-corrected chi connectivity index (χ4v) is 4.43. The zero-order chi connectivity index (χ0) is 22.1. The van der Waals surface area contributed by atoms with Gasteiger partial charge in [0.25, 0.3) is 11.1 Å². The maximum absolute atomic E-state index is 12.9. The van der Waals surface area contributed by atoms with Gasteiger partial charge in [0.2, 0.25) is 5.91 Å². The Morgan fingerprint density at radius 1 is 1.10 bits per heavy atom. The lowest BCUT2D eigenvalue weighted by Crippen LogP contribution is -2.36. The fraction of sp³-hybridized carbons (Fsp3) is 0.208. The molecule has 3 amide bonds. The van der Waals surface area contributed by atoms with Crippen LogP contribution in [0.5, 0.6) is 0 Å². The highest BCUT2D eigenvalue weighted by atomic mass is 32.2. The summed E-state index contributed by atoms with van der Waals surface area (Å²) in [6, 6.07) is 15.6. The highest BCUT2D eigenvalue weighted by Gasteiger charge is 2.36. The zero-order valence-corrected chi connectivity index (χ0v) is 18.4. The number of nitrogens with one attached hydrogen (secondary N) is 1. The smallest absolute Gasteiger partial charge is 0.294 e. The number of amides is 3. The van der Waals surface area contributed by atoms with Gasteiger partial charge in [0.1, 0.15) is 6.54 Å². The second-order valence-corrected chi connectivity index (χ2v) is 8.73. The number of aryl methyl sites for hydroxylation is 1. The van der Waals surface area contributed by atoms with E-state index in [-0.39, 0.29) is 12.6 Å². The molecule has 1 aliphatic rings. The molecule has 0 spiro atoms. The maximum Gasteiger partial charge on any atom is 0.294 e. The van der Waals surface area contributed by atoms with Crippen LogP contribution < -0.4 is 5.32 Å². The summed E-state index contributed by atoms with van der Waals surface area (Å²) in [7, 11) is 0. The molecule has 1 N–H and O–H groups in total. The first kappa shape index (κ1) is 20.9. The van der Waals surface area contributed by atoms with Crippen LogP contribution in [-0.4, -0.2) is 33.1 Å². The summed E-state index contributed by atoms with van der Waals surface area (Å²) in [5, 5.41) is 3.34. The third-order valence-electron chi connectivity index (χ3n) is 5.21.